The molecule has 1 atom stereocenters. The first kappa shape index (κ1) is 23.2. The Kier molecular flexibility index (Phi) is 5.68. The molecule has 4 amide bonds. The Morgan fingerprint density at radius 3 is 2.24 bits per heavy atom. The van der Waals surface area contributed by atoms with E-state index in [-0.39, 0.29) is 40.9 Å². The van der Waals surface area contributed by atoms with Gasteiger partial charge in [-0.1, -0.05) is 33.8 Å². The van der Waals surface area contributed by atoms with Crippen molar-refractivity contribution in [2.75, 3.05) is 10.2 Å². The van der Waals surface area contributed by atoms with Gasteiger partial charge in [0.15, 0.2) is 0 Å². The van der Waals surface area contributed by atoms with Crippen molar-refractivity contribution in [2.45, 2.75) is 53.6 Å². The number of anilines is 2. The lowest BCUT2D eigenvalue weighted by Crippen LogP contribution is -2.46. The van der Waals surface area contributed by atoms with Gasteiger partial charge in [0.25, 0.3) is 5.91 Å². The summed E-state index contributed by atoms with van der Waals surface area (Å²) in [6, 6.07) is 9.56. The molecule has 174 valence electrons. The first-order chi connectivity index (χ1) is 15.4. The summed E-state index contributed by atoms with van der Waals surface area (Å²) < 4.78 is 0. The monoisotopic (exact) mass is 467 g/mol. The van der Waals surface area contributed by atoms with E-state index in [1.165, 1.54) is 18.3 Å². The molecule has 0 bridgehead atoms. The SMILES string of the molecule is CC(=O)Nc1ccc(N2C(=O)CC(N(Cc3cccs3)C(=O)C3C(C)(C)C3(C)C)C2=O)cc1. The zero-order valence-corrected chi connectivity index (χ0v) is 20.4. The number of carbonyl (C=O) groups is 4. The van der Waals surface area contributed by atoms with Crippen LogP contribution >= 0.6 is 11.3 Å². The molecule has 0 radical (unpaired) electrons. The van der Waals surface area contributed by atoms with Crippen molar-refractivity contribution in [3.8, 4) is 0 Å². The Balaban J connectivity index is 1.61. The highest BCUT2D eigenvalue weighted by molar-refractivity contribution is 7.09. The van der Waals surface area contributed by atoms with E-state index < -0.39 is 11.9 Å². The van der Waals surface area contributed by atoms with Crippen LogP contribution in [-0.4, -0.2) is 34.6 Å². The van der Waals surface area contributed by atoms with Crippen molar-refractivity contribution in [2.24, 2.45) is 16.7 Å². The van der Waals surface area contributed by atoms with Crippen LogP contribution < -0.4 is 10.2 Å². The maximum atomic E-state index is 13.7. The van der Waals surface area contributed by atoms with Gasteiger partial charge < -0.3 is 10.2 Å². The minimum Gasteiger partial charge on any atom is -0.326 e. The summed E-state index contributed by atoms with van der Waals surface area (Å²) in [6.07, 6.45) is -0.0447. The second-order valence-electron chi connectivity index (χ2n) is 9.94. The van der Waals surface area contributed by atoms with Crippen molar-refractivity contribution >= 4 is 46.3 Å². The molecule has 2 aliphatic rings. The third-order valence-electron chi connectivity index (χ3n) is 7.40. The van der Waals surface area contributed by atoms with Gasteiger partial charge in [-0.3, -0.25) is 19.2 Å². The van der Waals surface area contributed by atoms with Crippen LogP contribution in [0.1, 0.15) is 45.9 Å². The fourth-order valence-electron chi connectivity index (χ4n) is 4.92. The molecule has 1 aromatic carbocycles. The summed E-state index contributed by atoms with van der Waals surface area (Å²) >= 11 is 1.53. The Bertz CT molecular complexity index is 1090. The second kappa shape index (κ2) is 8.09. The maximum Gasteiger partial charge on any atom is 0.257 e. The van der Waals surface area contributed by atoms with E-state index in [0.717, 1.165) is 9.78 Å². The molecule has 4 rings (SSSR count). The third kappa shape index (κ3) is 3.97. The Hall–Kier alpha value is -3.00. The van der Waals surface area contributed by atoms with Crippen LogP contribution in [0.4, 0.5) is 11.4 Å². The lowest BCUT2D eigenvalue weighted by molar-refractivity contribution is -0.141. The minimum absolute atomic E-state index is 0.0447. The maximum absolute atomic E-state index is 13.7. The predicted octanol–water partition coefficient (Wildman–Crippen LogP) is 4.05. The molecule has 1 saturated heterocycles. The van der Waals surface area contributed by atoms with E-state index in [1.807, 2.05) is 17.5 Å². The molecule has 2 heterocycles. The average molecular weight is 468 g/mol. The van der Waals surface area contributed by atoms with E-state index in [1.54, 1.807) is 29.2 Å². The van der Waals surface area contributed by atoms with Gasteiger partial charge in [-0.2, -0.15) is 0 Å². The molecule has 1 aromatic heterocycles. The van der Waals surface area contributed by atoms with Crippen molar-refractivity contribution in [1.82, 2.24) is 4.90 Å². The van der Waals surface area contributed by atoms with E-state index in [4.69, 9.17) is 0 Å². The summed E-state index contributed by atoms with van der Waals surface area (Å²) in [5, 5.41) is 4.61. The van der Waals surface area contributed by atoms with Gasteiger partial charge in [-0.25, -0.2) is 4.90 Å². The van der Waals surface area contributed by atoms with Crippen LogP contribution in [0.2, 0.25) is 0 Å². The minimum atomic E-state index is -0.839. The standard InChI is InChI=1S/C25H29N3O4S/c1-15(29)26-16-8-10-17(11-9-16)28-20(30)13-19(22(28)31)27(14-18-7-6-12-33-18)23(32)21-24(2,3)25(21,4)5/h6-12,19,21H,13-14H2,1-5H3,(H,26,29). The van der Waals surface area contributed by atoms with Crippen LogP contribution in [0.25, 0.3) is 0 Å². The first-order valence-corrected chi connectivity index (χ1v) is 11.9. The van der Waals surface area contributed by atoms with Crippen LogP contribution in [0.3, 0.4) is 0 Å². The normalized spacial score (nSPS) is 21.2. The van der Waals surface area contributed by atoms with E-state index >= 15 is 0 Å². The number of hydrogen-bond acceptors (Lipinski definition) is 5. The molecule has 2 fully saturated rings. The molecule has 33 heavy (non-hydrogen) atoms. The number of nitrogens with zero attached hydrogens (tertiary/aromatic N) is 2. The van der Waals surface area contributed by atoms with Crippen LogP contribution in [0.15, 0.2) is 41.8 Å². The molecule has 1 N–H and O–H groups in total. The van der Waals surface area contributed by atoms with Gasteiger partial charge in [0.2, 0.25) is 17.7 Å². The van der Waals surface area contributed by atoms with E-state index in [9.17, 15) is 19.2 Å². The number of carbonyl (C=O) groups excluding carboxylic acids is 4. The number of benzene rings is 1. The smallest absolute Gasteiger partial charge is 0.257 e. The number of nitrogens with one attached hydrogen (secondary N) is 1. The number of imide groups is 1. The summed E-state index contributed by atoms with van der Waals surface area (Å²) in [7, 11) is 0. The number of thiophene rings is 1. The number of rotatable bonds is 6. The van der Waals surface area contributed by atoms with Crippen LogP contribution in [0.5, 0.6) is 0 Å². The average Bonchev–Trinajstić information content (AvgIpc) is 3.14. The largest absolute Gasteiger partial charge is 0.326 e. The molecule has 1 saturated carbocycles. The summed E-state index contributed by atoms with van der Waals surface area (Å²) in [5.74, 6) is -1.22. The van der Waals surface area contributed by atoms with Crippen molar-refractivity contribution in [3.05, 3.63) is 46.7 Å². The summed E-state index contributed by atoms with van der Waals surface area (Å²) in [6.45, 7) is 10.0. The first-order valence-electron chi connectivity index (χ1n) is 11.0. The van der Waals surface area contributed by atoms with Gasteiger partial charge >= 0.3 is 0 Å². The molecule has 1 unspecified atom stereocenters. The Morgan fingerprint density at radius 1 is 1.09 bits per heavy atom. The number of amides is 4. The molecule has 2 aromatic rings. The topological polar surface area (TPSA) is 86.8 Å². The van der Waals surface area contributed by atoms with Crippen molar-refractivity contribution < 1.29 is 19.2 Å². The third-order valence-corrected chi connectivity index (χ3v) is 8.26. The van der Waals surface area contributed by atoms with Gasteiger partial charge in [0.1, 0.15) is 6.04 Å². The molecule has 0 spiro atoms. The van der Waals surface area contributed by atoms with Crippen molar-refractivity contribution in [3.63, 3.8) is 0 Å². The molecular formula is C25H29N3O4S. The highest BCUT2D eigenvalue weighted by atomic mass is 32.1. The molecule has 8 heteroatoms. The van der Waals surface area contributed by atoms with E-state index in [2.05, 4.69) is 33.0 Å². The predicted molar refractivity (Wildman–Crippen MR) is 128 cm³/mol. The van der Waals surface area contributed by atoms with Crippen LogP contribution in [0, 0.1) is 16.7 Å². The Morgan fingerprint density at radius 2 is 1.73 bits per heavy atom. The molecule has 1 aliphatic carbocycles. The van der Waals surface area contributed by atoms with Gasteiger partial charge in [0.05, 0.1) is 18.7 Å². The Labute approximate surface area is 197 Å². The quantitative estimate of drug-likeness (QED) is 0.650. The molecule has 7 nitrogen and oxygen atoms in total. The van der Waals surface area contributed by atoms with Gasteiger partial charge in [-0.05, 0) is 46.5 Å². The van der Waals surface area contributed by atoms with E-state index in [0.29, 0.717) is 17.9 Å². The lowest BCUT2D eigenvalue weighted by Gasteiger charge is -2.28. The second-order valence-corrected chi connectivity index (χ2v) is 11.0. The summed E-state index contributed by atoms with van der Waals surface area (Å²) in [4.78, 5) is 55.1. The fraction of sp³-hybridized carbons (Fsp3) is 0.440. The zero-order valence-electron chi connectivity index (χ0n) is 19.5. The zero-order chi connectivity index (χ0) is 24.1. The highest BCUT2D eigenvalue weighted by Crippen LogP contribution is 2.69. The molecule has 1 aliphatic heterocycles. The van der Waals surface area contributed by atoms with Crippen molar-refractivity contribution in [1.29, 1.82) is 0 Å². The van der Waals surface area contributed by atoms with Gasteiger partial charge in [-0.15, -0.1) is 11.3 Å². The fourth-order valence-corrected chi connectivity index (χ4v) is 5.62. The van der Waals surface area contributed by atoms with Crippen LogP contribution in [-0.2, 0) is 25.7 Å². The molecular weight excluding hydrogens is 438 g/mol. The summed E-state index contributed by atoms with van der Waals surface area (Å²) in [5.41, 5.74) is 0.650. The number of hydrogen-bond donors (Lipinski definition) is 1. The lowest BCUT2D eigenvalue weighted by atomic mass is 10.0. The van der Waals surface area contributed by atoms with Gasteiger partial charge in [0, 0.05) is 23.4 Å². The highest BCUT2D eigenvalue weighted by Gasteiger charge is 2.69.